The van der Waals surface area contributed by atoms with Crippen molar-refractivity contribution < 1.29 is 9.90 Å². The van der Waals surface area contributed by atoms with Gasteiger partial charge in [0.05, 0.1) is 0 Å². The summed E-state index contributed by atoms with van der Waals surface area (Å²) in [6.45, 7) is 0. The van der Waals surface area contributed by atoms with Crippen LogP contribution < -0.4 is 11.1 Å². The maximum atomic E-state index is 11.8. The summed E-state index contributed by atoms with van der Waals surface area (Å²) in [5, 5.41) is 12.3. The Balaban J connectivity index is 2.11. The van der Waals surface area contributed by atoms with Crippen LogP contribution in [0.25, 0.3) is 0 Å². The predicted octanol–water partition coefficient (Wildman–Crippen LogP) is 1.84. The van der Waals surface area contributed by atoms with Crippen LogP contribution in [0.3, 0.4) is 0 Å². The van der Waals surface area contributed by atoms with Crippen molar-refractivity contribution in [2.75, 3.05) is 11.1 Å². The van der Waals surface area contributed by atoms with Gasteiger partial charge in [-0.1, -0.05) is 18.2 Å². The largest absolute Gasteiger partial charge is 0.508 e. The highest BCUT2D eigenvalue weighted by Gasteiger charge is 2.27. The van der Waals surface area contributed by atoms with E-state index in [4.69, 9.17) is 5.73 Å². The summed E-state index contributed by atoms with van der Waals surface area (Å²) in [5.41, 5.74) is 7.44. The van der Waals surface area contributed by atoms with E-state index in [1.165, 1.54) is 0 Å². The fourth-order valence-electron chi connectivity index (χ4n) is 2.38. The van der Waals surface area contributed by atoms with Gasteiger partial charge in [-0.3, -0.25) is 4.79 Å². The molecule has 4 N–H and O–H groups in total. The number of carbonyl (C=O) groups is 1. The molecule has 5 heteroatoms. The lowest BCUT2D eigenvalue weighted by atomic mass is 9.86. The number of pyridine rings is 1. The number of nitrogen functional groups attached to an aromatic ring is 1. The first kappa shape index (κ1) is 11.5. The van der Waals surface area contributed by atoms with E-state index in [1.807, 2.05) is 12.1 Å². The van der Waals surface area contributed by atoms with Crippen LogP contribution >= 0.6 is 0 Å². The number of carbonyl (C=O) groups excluding carboxylic acids is 1. The number of aromatic nitrogens is 1. The summed E-state index contributed by atoms with van der Waals surface area (Å²) >= 11 is 0. The zero-order valence-electron chi connectivity index (χ0n) is 10.1. The summed E-state index contributed by atoms with van der Waals surface area (Å²) in [5.74, 6) is 0.858. The van der Waals surface area contributed by atoms with Crippen LogP contribution in [0.2, 0.25) is 0 Å². The molecule has 0 radical (unpaired) electrons. The molecule has 1 aromatic heterocycles. The van der Waals surface area contributed by atoms with Crippen molar-refractivity contribution in [1.29, 1.82) is 0 Å². The maximum absolute atomic E-state index is 11.8. The van der Waals surface area contributed by atoms with Crippen molar-refractivity contribution in [3.8, 4) is 5.75 Å². The van der Waals surface area contributed by atoms with Gasteiger partial charge < -0.3 is 16.2 Å². The number of hydrogen-bond acceptors (Lipinski definition) is 4. The number of nitrogens with zero attached hydrogens (tertiary/aromatic N) is 1. The Morgan fingerprint density at radius 1 is 1.32 bits per heavy atom. The molecule has 19 heavy (non-hydrogen) atoms. The first-order valence-corrected chi connectivity index (χ1v) is 5.98. The van der Waals surface area contributed by atoms with Gasteiger partial charge in [-0.25, -0.2) is 4.98 Å². The second-order valence-corrected chi connectivity index (χ2v) is 4.57. The van der Waals surface area contributed by atoms with E-state index in [-0.39, 0.29) is 17.6 Å². The molecule has 1 atom stereocenters. The molecule has 1 amide bonds. The van der Waals surface area contributed by atoms with Crippen LogP contribution in [-0.2, 0) is 4.79 Å². The number of hydrogen-bond donors (Lipinski definition) is 3. The SMILES string of the molecule is Nc1ccc2c(n1)NC(=O)CC2c1cccc(O)c1. The highest BCUT2D eigenvalue weighted by molar-refractivity contribution is 5.94. The zero-order valence-corrected chi connectivity index (χ0v) is 10.1. The van der Waals surface area contributed by atoms with Crippen molar-refractivity contribution in [2.45, 2.75) is 12.3 Å². The summed E-state index contributed by atoms with van der Waals surface area (Å²) in [6.07, 6.45) is 0.335. The Kier molecular flexibility index (Phi) is 2.59. The number of fused-ring (bicyclic) bond motifs is 1. The molecule has 0 saturated carbocycles. The number of nitrogens with two attached hydrogens (primary N) is 1. The molecule has 0 fully saturated rings. The van der Waals surface area contributed by atoms with E-state index >= 15 is 0 Å². The van der Waals surface area contributed by atoms with Gasteiger partial charge in [-0.15, -0.1) is 0 Å². The third-order valence-electron chi connectivity index (χ3n) is 3.24. The molecule has 2 heterocycles. The third-order valence-corrected chi connectivity index (χ3v) is 3.24. The van der Waals surface area contributed by atoms with Gasteiger partial charge in [-0.2, -0.15) is 0 Å². The van der Waals surface area contributed by atoms with Crippen LogP contribution in [0.15, 0.2) is 36.4 Å². The second kappa shape index (κ2) is 4.28. The minimum Gasteiger partial charge on any atom is -0.508 e. The summed E-state index contributed by atoms with van der Waals surface area (Å²) in [4.78, 5) is 15.9. The third kappa shape index (κ3) is 2.10. The van der Waals surface area contributed by atoms with Crippen LogP contribution in [0, 0.1) is 0 Å². The Hall–Kier alpha value is -2.56. The van der Waals surface area contributed by atoms with Crippen molar-refractivity contribution in [2.24, 2.45) is 0 Å². The topological polar surface area (TPSA) is 88.2 Å². The van der Waals surface area contributed by atoms with Gasteiger partial charge >= 0.3 is 0 Å². The van der Waals surface area contributed by atoms with E-state index in [1.54, 1.807) is 24.3 Å². The molecule has 1 aliphatic heterocycles. The molecular weight excluding hydrogens is 242 g/mol. The number of nitrogens with one attached hydrogen (secondary N) is 1. The standard InChI is InChI=1S/C14H13N3O2/c15-12-5-4-10-11(7-13(19)17-14(10)16-12)8-2-1-3-9(18)6-8/h1-6,11,18H,7H2,(H3,15,16,17,19). The number of anilines is 2. The lowest BCUT2D eigenvalue weighted by molar-refractivity contribution is -0.116. The van der Waals surface area contributed by atoms with Crippen LogP contribution in [0.1, 0.15) is 23.5 Å². The fraction of sp³-hybridized carbons (Fsp3) is 0.143. The number of rotatable bonds is 1. The average molecular weight is 255 g/mol. The zero-order chi connectivity index (χ0) is 13.4. The molecular formula is C14H13N3O2. The lowest BCUT2D eigenvalue weighted by Crippen LogP contribution is -2.24. The number of phenolic OH excluding ortho intramolecular Hbond substituents is 1. The van der Waals surface area contributed by atoms with Crippen molar-refractivity contribution >= 4 is 17.5 Å². The minimum absolute atomic E-state index is 0.0982. The molecule has 0 aliphatic carbocycles. The number of phenols is 1. The molecule has 0 spiro atoms. The average Bonchev–Trinajstić information content (AvgIpc) is 2.37. The number of amides is 1. The maximum Gasteiger partial charge on any atom is 0.226 e. The fourth-order valence-corrected chi connectivity index (χ4v) is 2.38. The lowest BCUT2D eigenvalue weighted by Gasteiger charge is -2.25. The van der Waals surface area contributed by atoms with E-state index in [2.05, 4.69) is 10.3 Å². The van der Waals surface area contributed by atoms with Gasteiger partial charge in [0.15, 0.2) is 0 Å². The quantitative estimate of drug-likeness (QED) is 0.725. The Morgan fingerprint density at radius 2 is 2.16 bits per heavy atom. The van der Waals surface area contributed by atoms with Crippen LogP contribution in [0.4, 0.5) is 11.6 Å². The van der Waals surface area contributed by atoms with Crippen molar-refractivity contribution in [3.05, 3.63) is 47.5 Å². The van der Waals surface area contributed by atoms with Crippen LogP contribution in [0.5, 0.6) is 5.75 Å². The van der Waals surface area contributed by atoms with Gasteiger partial charge in [0, 0.05) is 17.9 Å². The van der Waals surface area contributed by atoms with Gasteiger partial charge in [0.1, 0.15) is 17.4 Å². The van der Waals surface area contributed by atoms with E-state index in [0.717, 1.165) is 11.1 Å². The predicted molar refractivity (Wildman–Crippen MR) is 71.8 cm³/mol. The Labute approximate surface area is 110 Å². The van der Waals surface area contributed by atoms with Crippen molar-refractivity contribution in [3.63, 3.8) is 0 Å². The monoisotopic (exact) mass is 255 g/mol. The minimum atomic E-state index is -0.107. The van der Waals surface area contributed by atoms with Crippen LogP contribution in [-0.4, -0.2) is 16.0 Å². The van der Waals surface area contributed by atoms with Crippen molar-refractivity contribution in [1.82, 2.24) is 4.98 Å². The molecule has 0 saturated heterocycles. The molecule has 5 nitrogen and oxygen atoms in total. The molecule has 3 rings (SSSR count). The number of benzene rings is 1. The Morgan fingerprint density at radius 3 is 2.95 bits per heavy atom. The Bertz CT molecular complexity index is 655. The highest BCUT2D eigenvalue weighted by atomic mass is 16.3. The molecule has 1 unspecified atom stereocenters. The van der Waals surface area contributed by atoms with E-state index < -0.39 is 0 Å². The van der Waals surface area contributed by atoms with Gasteiger partial charge in [-0.05, 0) is 23.8 Å². The summed E-state index contributed by atoms with van der Waals surface area (Å²) in [6, 6.07) is 10.5. The molecule has 0 bridgehead atoms. The van der Waals surface area contributed by atoms with Gasteiger partial charge in [0.2, 0.25) is 5.91 Å². The number of aromatic hydroxyl groups is 1. The highest BCUT2D eigenvalue weighted by Crippen LogP contribution is 2.37. The summed E-state index contributed by atoms with van der Waals surface area (Å²) in [7, 11) is 0. The molecule has 2 aromatic rings. The molecule has 96 valence electrons. The summed E-state index contributed by atoms with van der Waals surface area (Å²) < 4.78 is 0. The molecule has 1 aliphatic rings. The molecule has 1 aromatic carbocycles. The smallest absolute Gasteiger partial charge is 0.226 e. The second-order valence-electron chi connectivity index (χ2n) is 4.57. The van der Waals surface area contributed by atoms with Gasteiger partial charge in [0.25, 0.3) is 0 Å². The first-order chi connectivity index (χ1) is 9.13. The normalized spacial score (nSPS) is 17.7. The van der Waals surface area contributed by atoms with E-state index in [9.17, 15) is 9.90 Å². The first-order valence-electron chi connectivity index (χ1n) is 5.98. The van der Waals surface area contributed by atoms with E-state index in [0.29, 0.717) is 18.1 Å².